The van der Waals surface area contributed by atoms with Crippen LogP contribution in [-0.2, 0) is 6.61 Å². The van der Waals surface area contributed by atoms with Crippen LogP contribution >= 0.6 is 12.4 Å². The van der Waals surface area contributed by atoms with Crippen molar-refractivity contribution in [3.8, 4) is 5.75 Å². The standard InChI is InChI=1S/C18H22N2O2.ClH/c1-14(19-2)12-20-18(21)16-9-6-10-17(11-16)22-13-15-7-4-3-5-8-15;/h3-11,14,19H,12-13H2,1-2H3,(H,20,21);1H. The fourth-order valence-corrected chi connectivity index (χ4v) is 1.92. The Morgan fingerprint density at radius 3 is 2.57 bits per heavy atom. The van der Waals surface area contributed by atoms with Crippen LogP contribution in [0.3, 0.4) is 0 Å². The van der Waals surface area contributed by atoms with E-state index in [4.69, 9.17) is 4.74 Å². The SMILES string of the molecule is CNC(C)CNC(=O)c1cccc(OCc2ccccc2)c1.Cl. The van der Waals surface area contributed by atoms with E-state index in [0.29, 0.717) is 24.5 Å². The second kappa shape index (κ2) is 9.87. The largest absolute Gasteiger partial charge is 0.489 e. The lowest BCUT2D eigenvalue weighted by Gasteiger charge is -2.12. The number of nitrogens with one attached hydrogen (secondary N) is 2. The van der Waals surface area contributed by atoms with Crippen molar-refractivity contribution in [1.82, 2.24) is 10.6 Å². The molecule has 2 aromatic carbocycles. The van der Waals surface area contributed by atoms with Gasteiger partial charge in [-0.3, -0.25) is 4.79 Å². The maximum absolute atomic E-state index is 12.1. The molecule has 124 valence electrons. The highest BCUT2D eigenvalue weighted by molar-refractivity contribution is 5.94. The Balaban J connectivity index is 0.00000264. The van der Waals surface area contributed by atoms with Crippen LogP contribution in [0.25, 0.3) is 0 Å². The lowest BCUT2D eigenvalue weighted by atomic mass is 10.2. The number of benzene rings is 2. The molecule has 0 aromatic heterocycles. The van der Waals surface area contributed by atoms with Gasteiger partial charge < -0.3 is 15.4 Å². The van der Waals surface area contributed by atoms with Crippen molar-refractivity contribution in [2.45, 2.75) is 19.6 Å². The summed E-state index contributed by atoms with van der Waals surface area (Å²) in [5.41, 5.74) is 1.70. The summed E-state index contributed by atoms with van der Waals surface area (Å²) in [5.74, 6) is 0.602. The molecule has 1 amide bonds. The van der Waals surface area contributed by atoms with Gasteiger partial charge in [0.25, 0.3) is 5.91 Å². The summed E-state index contributed by atoms with van der Waals surface area (Å²) in [6, 6.07) is 17.4. The summed E-state index contributed by atoms with van der Waals surface area (Å²) in [6.07, 6.45) is 0. The summed E-state index contributed by atoms with van der Waals surface area (Å²) in [4.78, 5) is 12.1. The Kier molecular flexibility index (Phi) is 8.16. The van der Waals surface area contributed by atoms with Crippen LogP contribution in [0.4, 0.5) is 0 Å². The Morgan fingerprint density at radius 2 is 1.87 bits per heavy atom. The van der Waals surface area contributed by atoms with Gasteiger partial charge in [0.1, 0.15) is 12.4 Å². The number of ether oxygens (including phenoxy) is 1. The molecule has 0 aliphatic carbocycles. The average molecular weight is 335 g/mol. The number of carbonyl (C=O) groups excluding carboxylic acids is 1. The fraction of sp³-hybridized carbons (Fsp3) is 0.278. The van der Waals surface area contributed by atoms with Crippen LogP contribution in [0.2, 0.25) is 0 Å². The van der Waals surface area contributed by atoms with Gasteiger partial charge in [-0.2, -0.15) is 0 Å². The Labute approximate surface area is 143 Å². The second-order valence-corrected chi connectivity index (χ2v) is 5.20. The highest BCUT2D eigenvalue weighted by Gasteiger charge is 2.08. The molecule has 0 aliphatic rings. The Hall–Kier alpha value is -2.04. The van der Waals surface area contributed by atoms with Gasteiger partial charge in [0.15, 0.2) is 0 Å². The van der Waals surface area contributed by atoms with Gasteiger partial charge in [0, 0.05) is 18.2 Å². The molecule has 0 bridgehead atoms. The number of hydrogen-bond donors (Lipinski definition) is 2. The molecule has 1 atom stereocenters. The van der Waals surface area contributed by atoms with Crippen molar-refractivity contribution < 1.29 is 9.53 Å². The smallest absolute Gasteiger partial charge is 0.251 e. The molecule has 2 aromatic rings. The number of carbonyl (C=O) groups is 1. The van der Waals surface area contributed by atoms with Crippen molar-refractivity contribution in [3.63, 3.8) is 0 Å². The van der Waals surface area contributed by atoms with Crippen LogP contribution in [-0.4, -0.2) is 25.5 Å². The van der Waals surface area contributed by atoms with E-state index in [1.807, 2.05) is 56.4 Å². The number of likely N-dealkylation sites (N-methyl/N-ethyl adjacent to an activating group) is 1. The van der Waals surface area contributed by atoms with E-state index in [1.165, 1.54) is 0 Å². The summed E-state index contributed by atoms with van der Waals surface area (Å²) >= 11 is 0. The number of halogens is 1. The predicted molar refractivity (Wildman–Crippen MR) is 95.3 cm³/mol. The van der Waals surface area contributed by atoms with E-state index in [2.05, 4.69) is 10.6 Å². The van der Waals surface area contributed by atoms with Gasteiger partial charge >= 0.3 is 0 Å². The minimum Gasteiger partial charge on any atom is -0.489 e. The van der Waals surface area contributed by atoms with Crippen molar-refractivity contribution >= 4 is 18.3 Å². The van der Waals surface area contributed by atoms with Crippen molar-refractivity contribution in [2.75, 3.05) is 13.6 Å². The third-order valence-corrected chi connectivity index (χ3v) is 3.41. The third-order valence-electron chi connectivity index (χ3n) is 3.41. The maximum atomic E-state index is 12.1. The van der Waals surface area contributed by atoms with Crippen molar-refractivity contribution in [2.24, 2.45) is 0 Å². The quantitative estimate of drug-likeness (QED) is 0.818. The van der Waals surface area contributed by atoms with Crippen LogP contribution in [0.5, 0.6) is 5.75 Å². The van der Waals surface area contributed by atoms with Crippen molar-refractivity contribution in [1.29, 1.82) is 0 Å². The monoisotopic (exact) mass is 334 g/mol. The van der Waals surface area contributed by atoms with Gasteiger partial charge in [0.2, 0.25) is 0 Å². The molecule has 0 saturated heterocycles. The fourth-order valence-electron chi connectivity index (χ4n) is 1.92. The lowest BCUT2D eigenvalue weighted by molar-refractivity contribution is 0.0950. The van der Waals surface area contributed by atoms with E-state index < -0.39 is 0 Å². The maximum Gasteiger partial charge on any atom is 0.251 e. The van der Waals surface area contributed by atoms with E-state index in [9.17, 15) is 4.79 Å². The molecule has 2 N–H and O–H groups in total. The second-order valence-electron chi connectivity index (χ2n) is 5.20. The minimum absolute atomic E-state index is 0. The van der Waals surface area contributed by atoms with Crippen LogP contribution < -0.4 is 15.4 Å². The normalized spacial score (nSPS) is 11.2. The zero-order valence-electron chi connectivity index (χ0n) is 13.4. The van der Waals surface area contributed by atoms with Crippen molar-refractivity contribution in [3.05, 3.63) is 65.7 Å². The average Bonchev–Trinajstić information content (AvgIpc) is 2.58. The molecule has 23 heavy (non-hydrogen) atoms. The van der Waals surface area contributed by atoms with E-state index >= 15 is 0 Å². The number of rotatable bonds is 7. The van der Waals surface area contributed by atoms with Gasteiger partial charge in [-0.25, -0.2) is 0 Å². The molecule has 0 spiro atoms. The Morgan fingerprint density at radius 1 is 1.13 bits per heavy atom. The molecule has 4 nitrogen and oxygen atoms in total. The van der Waals surface area contributed by atoms with Gasteiger partial charge in [-0.15, -0.1) is 12.4 Å². The first-order chi connectivity index (χ1) is 10.7. The van der Waals surface area contributed by atoms with Gasteiger partial charge in [0.05, 0.1) is 0 Å². The van der Waals surface area contributed by atoms with E-state index in [0.717, 1.165) is 5.56 Å². The molecule has 0 fully saturated rings. The van der Waals surface area contributed by atoms with Gasteiger partial charge in [-0.05, 0) is 37.7 Å². The molecule has 1 unspecified atom stereocenters. The molecular weight excluding hydrogens is 312 g/mol. The highest BCUT2D eigenvalue weighted by atomic mass is 35.5. The summed E-state index contributed by atoms with van der Waals surface area (Å²) in [6.45, 7) is 3.09. The molecule has 2 rings (SSSR count). The summed E-state index contributed by atoms with van der Waals surface area (Å²) in [7, 11) is 1.87. The molecule has 0 heterocycles. The van der Waals surface area contributed by atoms with E-state index in [1.54, 1.807) is 12.1 Å². The van der Waals surface area contributed by atoms with Crippen LogP contribution in [0, 0.1) is 0 Å². The zero-order chi connectivity index (χ0) is 15.8. The zero-order valence-corrected chi connectivity index (χ0v) is 14.2. The first-order valence-electron chi connectivity index (χ1n) is 7.41. The molecule has 0 saturated carbocycles. The molecule has 0 radical (unpaired) electrons. The predicted octanol–water partition coefficient (Wildman–Crippen LogP) is 3.03. The molecule has 0 aliphatic heterocycles. The van der Waals surface area contributed by atoms with Gasteiger partial charge in [-0.1, -0.05) is 36.4 Å². The highest BCUT2D eigenvalue weighted by Crippen LogP contribution is 2.15. The third kappa shape index (κ3) is 6.30. The Bertz CT molecular complexity index is 605. The lowest BCUT2D eigenvalue weighted by Crippen LogP contribution is -2.37. The first kappa shape index (κ1) is 19.0. The van der Waals surface area contributed by atoms with E-state index in [-0.39, 0.29) is 24.4 Å². The van der Waals surface area contributed by atoms with Crippen LogP contribution in [0.15, 0.2) is 54.6 Å². The topological polar surface area (TPSA) is 50.4 Å². The molecular formula is C18H23ClN2O2. The number of hydrogen-bond acceptors (Lipinski definition) is 3. The summed E-state index contributed by atoms with van der Waals surface area (Å²) < 4.78 is 5.74. The molecule has 5 heteroatoms. The van der Waals surface area contributed by atoms with Crippen LogP contribution in [0.1, 0.15) is 22.8 Å². The minimum atomic E-state index is -0.0905. The summed E-state index contributed by atoms with van der Waals surface area (Å²) in [5, 5.41) is 5.98. The number of amides is 1. The first-order valence-corrected chi connectivity index (χ1v) is 7.41.